The van der Waals surface area contributed by atoms with Crippen LogP contribution < -0.4 is 24.4 Å². The zero-order valence-electron chi connectivity index (χ0n) is 16.8. The first kappa shape index (κ1) is 20.0. The molecule has 2 aromatic carbocycles. The molecule has 0 saturated heterocycles. The van der Waals surface area contributed by atoms with Gasteiger partial charge in [0, 0.05) is 23.7 Å². The van der Waals surface area contributed by atoms with Crippen molar-refractivity contribution >= 4 is 11.6 Å². The fourth-order valence-corrected chi connectivity index (χ4v) is 3.53. The van der Waals surface area contributed by atoms with Crippen molar-refractivity contribution in [2.45, 2.75) is 26.8 Å². The average Bonchev–Trinajstić information content (AvgIpc) is 2.69. The molecule has 1 heterocycles. The molecule has 1 aliphatic rings. The Morgan fingerprint density at radius 3 is 2.46 bits per heavy atom. The molecule has 0 aromatic heterocycles. The van der Waals surface area contributed by atoms with E-state index in [1.165, 1.54) is 16.0 Å². The smallest absolute Gasteiger partial charge is 0.279 e. The Kier molecular flexibility index (Phi) is 6.76. The summed E-state index contributed by atoms with van der Waals surface area (Å²) in [5, 5.41) is 2.96. The van der Waals surface area contributed by atoms with Crippen LogP contribution in [0, 0.1) is 0 Å². The van der Waals surface area contributed by atoms with Crippen LogP contribution in [0.3, 0.4) is 0 Å². The van der Waals surface area contributed by atoms with Crippen LogP contribution in [0.1, 0.15) is 25.0 Å². The van der Waals surface area contributed by atoms with E-state index in [1.54, 1.807) is 7.11 Å². The standard InChI is InChI=1S/C22H28N2O4/c1-4-27-20-11-16-9-10-24(14-17(16)12-21(20)28-5-2)15-22(25)23-18-7-6-8-19(13-18)26-3/h6-8,11-13H,4-5,9-10,14-15H2,1-3H3,(H,23,25)/p+1. The Labute approximate surface area is 166 Å². The SMILES string of the molecule is CCOc1cc2c(cc1OCC)C[NH+](CC(=O)Nc1cccc(OC)c1)CC2. The first-order valence-electron chi connectivity index (χ1n) is 9.81. The Morgan fingerprint density at radius 2 is 1.79 bits per heavy atom. The molecule has 1 amide bonds. The van der Waals surface area contributed by atoms with Gasteiger partial charge in [-0.15, -0.1) is 0 Å². The third-order valence-electron chi connectivity index (χ3n) is 4.82. The maximum atomic E-state index is 12.5. The van der Waals surface area contributed by atoms with Crippen molar-refractivity contribution in [2.24, 2.45) is 0 Å². The van der Waals surface area contributed by atoms with E-state index in [1.807, 2.05) is 38.1 Å². The van der Waals surface area contributed by atoms with Crippen molar-refractivity contribution in [1.82, 2.24) is 0 Å². The molecule has 2 N–H and O–H groups in total. The summed E-state index contributed by atoms with van der Waals surface area (Å²) < 4.78 is 16.7. The van der Waals surface area contributed by atoms with Crippen LogP contribution in [-0.4, -0.2) is 39.3 Å². The molecule has 6 heteroatoms. The summed E-state index contributed by atoms with van der Waals surface area (Å²) in [6, 6.07) is 11.6. The summed E-state index contributed by atoms with van der Waals surface area (Å²) in [5.74, 6) is 2.32. The second-order valence-corrected chi connectivity index (χ2v) is 6.82. The molecule has 0 bridgehead atoms. The molecule has 150 valence electrons. The van der Waals surface area contributed by atoms with Crippen LogP contribution >= 0.6 is 0 Å². The number of rotatable bonds is 8. The highest BCUT2D eigenvalue weighted by Gasteiger charge is 2.24. The zero-order chi connectivity index (χ0) is 19.9. The number of fused-ring (bicyclic) bond motifs is 1. The minimum absolute atomic E-state index is 0.00247. The number of carbonyl (C=O) groups excluding carboxylic acids is 1. The lowest BCUT2D eigenvalue weighted by Gasteiger charge is -2.26. The maximum absolute atomic E-state index is 12.5. The van der Waals surface area contributed by atoms with Crippen LogP contribution in [0.25, 0.3) is 0 Å². The number of carbonyl (C=O) groups is 1. The highest BCUT2D eigenvalue weighted by atomic mass is 16.5. The van der Waals surface area contributed by atoms with Gasteiger partial charge in [-0.05, 0) is 43.7 Å². The third-order valence-corrected chi connectivity index (χ3v) is 4.82. The van der Waals surface area contributed by atoms with Crippen molar-refractivity contribution in [3.63, 3.8) is 0 Å². The van der Waals surface area contributed by atoms with Crippen LogP contribution in [0.15, 0.2) is 36.4 Å². The minimum atomic E-state index is 0.00247. The van der Waals surface area contributed by atoms with Gasteiger partial charge in [-0.1, -0.05) is 6.07 Å². The van der Waals surface area contributed by atoms with Gasteiger partial charge >= 0.3 is 0 Å². The van der Waals surface area contributed by atoms with E-state index in [-0.39, 0.29) is 5.91 Å². The molecule has 1 unspecified atom stereocenters. The van der Waals surface area contributed by atoms with Gasteiger partial charge in [0.15, 0.2) is 18.0 Å². The number of quaternary nitrogens is 1. The quantitative estimate of drug-likeness (QED) is 0.730. The van der Waals surface area contributed by atoms with Gasteiger partial charge < -0.3 is 24.4 Å². The fraction of sp³-hybridized carbons (Fsp3) is 0.409. The molecule has 0 fully saturated rings. The minimum Gasteiger partial charge on any atom is -0.497 e. The van der Waals surface area contributed by atoms with Crippen LogP contribution in [0.5, 0.6) is 17.2 Å². The average molecular weight is 385 g/mol. The fourth-order valence-electron chi connectivity index (χ4n) is 3.53. The predicted octanol–water partition coefficient (Wildman–Crippen LogP) is 2.07. The predicted molar refractivity (Wildman–Crippen MR) is 109 cm³/mol. The number of ether oxygens (including phenoxy) is 3. The van der Waals surface area contributed by atoms with Crippen molar-refractivity contribution in [3.05, 3.63) is 47.5 Å². The summed E-state index contributed by atoms with van der Waals surface area (Å²) >= 11 is 0. The summed E-state index contributed by atoms with van der Waals surface area (Å²) in [6.45, 7) is 7.29. The van der Waals surface area contributed by atoms with Crippen LogP contribution in [0.4, 0.5) is 5.69 Å². The second-order valence-electron chi connectivity index (χ2n) is 6.82. The number of hydrogen-bond donors (Lipinski definition) is 2. The second kappa shape index (κ2) is 9.46. The molecule has 3 rings (SSSR count). The molecule has 0 radical (unpaired) electrons. The third kappa shape index (κ3) is 4.95. The zero-order valence-corrected chi connectivity index (χ0v) is 16.8. The molecule has 28 heavy (non-hydrogen) atoms. The van der Waals surface area contributed by atoms with Gasteiger partial charge in [0.25, 0.3) is 5.91 Å². The molecule has 1 aliphatic heterocycles. The Balaban J connectivity index is 1.65. The Morgan fingerprint density at radius 1 is 1.07 bits per heavy atom. The summed E-state index contributed by atoms with van der Waals surface area (Å²) in [7, 11) is 1.61. The first-order chi connectivity index (χ1) is 13.6. The molecular weight excluding hydrogens is 356 g/mol. The number of methoxy groups -OCH3 is 1. The monoisotopic (exact) mass is 385 g/mol. The lowest BCUT2D eigenvalue weighted by Crippen LogP contribution is -3.12. The highest BCUT2D eigenvalue weighted by molar-refractivity contribution is 5.91. The van der Waals surface area contributed by atoms with E-state index in [2.05, 4.69) is 17.4 Å². The number of nitrogens with one attached hydrogen (secondary N) is 2. The number of anilines is 1. The lowest BCUT2D eigenvalue weighted by molar-refractivity contribution is -0.907. The summed E-state index contributed by atoms with van der Waals surface area (Å²) in [4.78, 5) is 13.7. The van der Waals surface area contributed by atoms with Crippen molar-refractivity contribution in [1.29, 1.82) is 0 Å². The van der Waals surface area contributed by atoms with E-state index in [0.29, 0.717) is 19.8 Å². The van der Waals surface area contributed by atoms with Gasteiger partial charge in [0.2, 0.25) is 0 Å². The van der Waals surface area contributed by atoms with Crippen molar-refractivity contribution < 1.29 is 23.9 Å². The van der Waals surface area contributed by atoms with E-state index in [0.717, 1.165) is 42.4 Å². The van der Waals surface area contributed by atoms with Gasteiger partial charge in [-0.25, -0.2) is 0 Å². The number of benzene rings is 2. The number of amides is 1. The van der Waals surface area contributed by atoms with Gasteiger partial charge in [0.05, 0.1) is 26.9 Å². The maximum Gasteiger partial charge on any atom is 0.279 e. The summed E-state index contributed by atoms with van der Waals surface area (Å²) in [5.41, 5.74) is 3.26. The number of hydrogen-bond acceptors (Lipinski definition) is 4. The molecule has 6 nitrogen and oxygen atoms in total. The Hall–Kier alpha value is -2.73. The molecule has 0 saturated carbocycles. The highest BCUT2D eigenvalue weighted by Crippen LogP contribution is 2.32. The van der Waals surface area contributed by atoms with Crippen molar-refractivity contribution in [3.8, 4) is 17.2 Å². The van der Waals surface area contributed by atoms with E-state index in [4.69, 9.17) is 14.2 Å². The van der Waals surface area contributed by atoms with Crippen LogP contribution in [0.2, 0.25) is 0 Å². The topological polar surface area (TPSA) is 61.2 Å². The van der Waals surface area contributed by atoms with Crippen LogP contribution in [-0.2, 0) is 17.8 Å². The van der Waals surface area contributed by atoms with E-state index >= 15 is 0 Å². The van der Waals surface area contributed by atoms with E-state index in [9.17, 15) is 4.79 Å². The largest absolute Gasteiger partial charge is 0.497 e. The van der Waals surface area contributed by atoms with E-state index < -0.39 is 0 Å². The normalized spacial score (nSPS) is 15.5. The molecule has 0 spiro atoms. The summed E-state index contributed by atoms with van der Waals surface area (Å²) in [6.07, 6.45) is 0.920. The molecule has 1 atom stereocenters. The van der Waals surface area contributed by atoms with Crippen molar-refractivity contribution in [2.75, 3.05) is 38.7 Å². The Bertz CT molecular complexity index is 822. The van der Waals surface area contributed by atoms with Gasteiger partial charge in [0.1, 0.15) is 12.3 Å². The molecule has 2 aromatic rings. The molecule has 0 aliphatic carbocycles. The van der Waals surface area contributed by atoms with Gasteiger partial charge in [-0.2, -0.15) is 0 Å². The van der Waals surface area contributed by atoms with Gasteiger partial charge in [-0.3, -0.25) is 4.79 Å². The lowest BCUT2D eigenvalue weighted by atomic mass is 9.98. The first-order valence-corrected chi connectivity index (χ1v) is 9.81. The molecular formula is C22H29N2O4+.